The zero-order valence-electron chi connectivity index (χ0n) is 12.3. The maximum Gasteiger partial charge on any atom is 0.254 e. The SMILES string of the molecule is CCSc1ccccc1C(=O)N1CCC(COC)CC1. The number of nitrogens with zero attached hydrogens (tertiary/aromatic N) is 1. The largest absolute Gasteiger partial charge is 0.384 e. The van der Waals surface area contributed by atoms with Gasteiger partial charge in [0.15, 0.2) is 0 Å². The molecule has 110 valence electrons. The lowest BCUT2D eigenvalue weighted by Gasteiger charge is -2.32. The Kier molecular flexibility index (Phi) is 5.92. The van der Waals surface area contributed by atoms with E-state index in [-0.39, 0.29) is 5.91 Å². The Morgan fingerprint density at radius 2 is 2.05 bits per heavy atom. The average molecular weight is 293 g/mol. The number of likely N-dealkylation sites (tertiary alicyclic amines) is 1. The number of hydrogen-bond acceptors (Lipinski definition) is 3. The van der Waals surface area contributed by atoms with Gasteiger partial charge in [0.05, 0.1) is 5.56 Å². The van der Waals surface area contributed by atoms with Gasteiger partial charge in [0.2, 0.25) is 0 Å². The van der Waals surface area contributed by atoms with E-state index in [9.17, 15) is 4.79 Å². The molecule has 0 spiro atoms. The minimum Gasteiger partial charge on any atom is -0.384 e. The number of ether oxygens (including phenoxy) is 1. The number of hydrogen-bond donors (Lipinski definition) is 0. The Hall–Kier alpha value is -1.00. The molecular weight excluding hydrogens is 270 g/mol. The second kappa shape index (κ2) is 7.70. The third kappa shape index (κ3) is 3.76. The highest BCUT2D eigenvalue weighted by molar-refractivity contribution is 7.99. The molecule has 0 saturated carbocycles. The van der Waals surface area contributed by atoms with Crippen molar-refractivity contribution in [1.29, 1.82) is 0 Å². The molecule has 0 radical (unpaired) electrons. The third-order valence-electron chi connectivity index (χ3n) is 3.72. The van der Waals surface area contributed by atoms with Crippen molar-refractivity contribution in [2.24, 2.45) is 5.92 Å². The van der Waals surface area contributed by atoms with Crippen molar-refractivity contribution in [3.63, 3.8) is 0 Å². The lowest BCUT2D eigenvalue weighted by atomic mass is 9.97. The van der Waals surface area contributed by atoms with E-state index in [2.05, 4.69) is 6.92 Å². The number of methoxy groups -OCH3 is 1. The predicted octanol–water partition coefficient (Wildman–Crippen LogP) is 3.30. The van der Waals surface area contributed by atoms with Crippen LogP contribution in [0.1, 0.15) is 30.1 Å². The van der Waals surface area contributed by atoms with Crippen molar-refractivity contribution in [1.82, 2.24) is 4.90 Å². The molecule has 1 aromatic carbocycles. The minimum atomic E-state index is 0.178. The summed E-state index contributed by atoms with van der Waals surface area (Å²) in [5.41, 5.74) is 0.851. The summed E-state index contributed by atoms with van der Waals surface area (Å²) in [6.45, 7) is 4.61. The summed E-state index contributed by atoms with van der Waals surface area (Å²) in [5, 5.41) is 0. The van der Waals surface area contributed by atoms with Crippen molar-refractivity contribution in [2.45, 2.75) is 24.7 Å². The number of thioether (sulfide) groups is 1. The first-order chi connectivity index (χ1) is 9.76. The van der Waals surface area contributed by atoms with E-state index in [1.807, 2.05) is 29.2 Å². The molecule has 1 saturated heterocycles. The number of amides is 1. The van der Waals surface area contributed by atoms with E-state index in [0.717, 1.165) is 48.7 Å². The fourth-order valence-electron chi connectivity index (χ4n) is 2.63. The maximum atomic E-state index is 12.6. The van der Waals surface area contributed by atoms with Gasteiger partial charge in [-0.1, -0.05) is 19.1 Å². The molecule has 0 N–H and O–H groups in total. The summed E-state index contributed by atoms with van der Waals surface area (Å²) in [5.74, 6) is 1.77. The van der Waals surface area contributed by atoms with Crippen molar-refractivity contribution < 1.29 is 9.53 Å². The van der Waals surface area contributed by atoms with E-state index >= 15 is 0 Å². The van der Waals surface area contributed by atoms with Gasteiger partial charge in [-0.05, 0) is 36.6 Å². The van der Waals surface area contributed by atoms with Crippen LogP contribution in [0.5, 0.6) is 0 Å². The van der Waals surface area contributed by atoms with Crippen molar-refractivity contribution in [2.75, 3.05) is 32.6 Å². The van der Waals surface area contributed by atoms with E-state index < -0.39 is 0 Å². The number of piperidine rings is 1. The summed E-state index contributed by atoms with van der Waals surface area (Å²) in [7, 11) is 1.75. The fourth-order valence-corrected chi connectivity index (χ4v) is 3.43. The van der Waals surface area contributed by atoms with E-state index in [0.29, 0.717) is 5.92 Å². The molecule has 1 fully saturated rings. The third-order valence-corrected chi connectivity index (χ3v) is 4.68. The number of rotatable bonds is 5. The molecule has 0 unspecified atom stereocenters. The summed E-state index contributed by atoms with van der Waals surface area (Å²) >= 11 is 1.74. The highest BCUT2D eigenvalue weighted by Gasteiger charge is 2.24. The first-order valence-electron chi connectivity index (χ1n) is 7.26. The Balaban J connectivity index is 2.02. The molecule has 1 amide bonds. The molecule has 20 heavy (non-hydrogen) atoms. The lowest BCUT2D eigenvalue weighted by molar-refractivity contribution is 0.0610. The van der Waals surface area contributed by atoms with E-state index in [4.69, 9.17) is 4.74 Å². The predicted molar refractivity (Wildman–Crippen MR) is 83.3 cm³/mol. The molecule has 2 rings (SSSR count). The molecule has 1 heterocycles. The van der Waals surface area contributed by atoms with Gasteiger partial charge in [0.1, 0.15) is 0 Å². The van der Waals surface area contributed by atoms with Gasteiger partial charge in [-0.25, -0.2) is 0 Å². The monoisotopic (exact) mass is 293 g/mol. The van der Waals surface area contributed by atoms with Crippen LogP contribution >= 0.6 is 11.8 Å². The van der Waals surface area contributed by atoms with Crippen LogP contribution in [0.3, 0.4) is 0 Å². The molecule has 0 aliphatic carbocycles. The molecule has 1 aliphatic heterocycles. The second-order valence-corrected chi connectivity index (χ2v) is 6.43. The van der Waals surface area contributed by atoms with Crippen LogP contribution in [0.2, 0.25) is 0 Å². The van der Waals surface area contributed by atoms with Gasteiger partial charge < -0.3 is 9.64 Å². The smallest absolute Gasteiger partial charge is 0.254 e. The average Bonchev–Trinajstić information content (AvgIpc) is 2.49. The van der Waals surface area contributed by atoms with Crippen molar-refractivity contribution in [3.8, 4) is 0 Å². The molecule has 0 atom stereocenters. The topological polar surface area (TPSA) is 29.5 Å². The first kappa shape index (κ1) is 15.4. The zero-order chi connectivity index (χ0) is 14.4. The highest BCUT2D eigenvalue weighted by atomic mass is 32.2. The number of benzene rings is 1. The van der Waals surface area contributed by atoms with Gasteiger partial charge in [-0.3, -0.25) is 4.79 Å². The molecular formula is C16H23NO2S. The normalized spacial score (nSPS) is 16.4. The van der Waals surface area contributed by atoms with E-state index in [1.165, 1.54) is 0 Å². The summed E-state index contributed by atoms with van der Waals surface area (Å²) in [6, 6.07) is 7.94. The lowest BCUT2D eigenvalue weighted by Crippen LogP contribution is -2.39. The molecule has 3 nitrogen and oxygen atoms in total. The summed E-state index contributed by atoms with van der Waals surface area (Å²) in [4.78, 5) is 15.7. The maximum absolute atomic E-state index is 12.6. The molecule has 1 aliphatic rings. The van der Waals surface area contributed by atoms with Crippen LogP contribution in [0, 0.1) is 5.92 Å². The molecule has 4 heteroatoms. The van der Waals surface area contributed by atoms with Gasteiger partial charge in [-0.2, -0.15) is 0 Å². The van der Waals surface area contributed by atoms with Crippen LogP contribution in [0.25, 0.3) is 0 Å². The highest BCUT2D eigenvalue weighted by Crippen LogP contribution is 2.25. The summed E-state index contributed by atoms with van der Waals surface area (Å²) < 4.78 is 5.21. The van der Waals surface area contributed by atoms with Crippen molar-refractivity contribution in [3.05, 3.63) is 29.8 Å². The Morgan fingerprint density at radius 1 is 1.35 bits per heavy atom. The molecule has 0 bridgehead atoms. The Morgan fingerprint density at radius 3 is 2.70 bits per heavy atom. The fraction of sp³-hybridized carbons (Fsp3) is 0.562. The van der Waals surface area contributed by atoms with Gasteiger partial charge in [0, 0.05) is 31.7 Å². The summed E-state index contributed by atoms with van der Waals surface area (Å²) in [6.07, 6.45) is 2.09. The van der Waals surface area contributed by atoms with Gasteiger partial charge >= 0.3 is 0 Å². The van der Waals surface area contributed by atoms with Gasteiger partial charge in [-0.15, -0.1) is 11.8 Å². The van der Waals surface area contributed by atoms with E-state index in [1.54, 1.807) is 18.9 Å². The molecule has 0 aromatic heterocycles. The van der Waals surface area contributed by atoms with Crippen LogP contribution in [0.4, 0.5) is 0 Å². The number of carbonyl (C=O) groups excluding carboxylic acids is 1. The van der Waals surface area contributed by atoms with Gasteiger partial charge in [0.25, 0.3) is 5.91 Å². The Labute approximate surface area is 125 Å². The Bertz CT molecular complexity index is 442. The quantitative estimate of drug-likeness (QED) is 0.780. The standard InChI is InChI=1S/C16H23NO2S/c1-3-20-15-7-5-4-6-14(15)16(18)17-10-8-13(9-11-17)12-19-2/h4-7,13H,3,8-12H2,1-2H3. The molecule has 1 aromatic rings. The van der Waals surface area contributed by atoms with Crippen molar-refractivity contribution >= 4 is 17.7 Å². The second-order valence-electron chi connectivity index (χ2n) is 5.12. The van der Waals surface area contributed by atoms with Crippen LogP contribution in [-0.2, 0) is 4.74 Å². The van der Waals surface area contributed by atoms with Crippen LogP contribution < -0.4 is 0 Å². The zero-order valence-corrected chi connectivity index (χ0v) is 13.1. The van der Waals surface area contributed by atoms with Crippen LogP contribution in [-0.4, -0.2) is 43.4 Å². The number of carbonyl (C=O) groups is 1. The van der Waals surface area contributed by atoms with Crippen LogP contribution in [0.15, 0.2) is 29.2 Å². The minimum absolute atomic E-state index is 0.178. The first-order valence-corrected chi connectivity index (χ1v) is 8.24.